The number of nitriles is 1. The molecular weight excluding hydrogens is 338 g/mol. The topological polar surface area (TPSA) is 74.1 Å². The van der Waals surface area contributed by atoms with E-state index >= 15 is 0 Å². The lowest BCUT2D eigenvalue weighted by molar-refractivity contribution is -0.112. The van der Waals surface area contributed by atoms with Crippen molar-refractivity contribution in [2.24, 2.45) is 0 Å². The summed E-state index contributed by atoms with van der Waals surface area (Å²) < 4.78 is 5.12. The van der Waals surface area contributed by atoms with Crippen molar-refractivity contribution >= 4 is 23.2 Å². The van der Waals surface area contributed by atoms with Crippen molar-refractivity contribution in [2.45, 2.75) is 13.0 Å². The van der Waals surface area contributed by atoms with Gasteiger partial charge in [0.25, 0.3) is 5.91 Å². The van der Waals surface area contributed by atoms with E-state index < -0.39 is 5.91 Å². The molecule has 0 radical (unpaired) electrons. The lowest BCUT2D eigenvalue weighted by atomic mass is 10.1. The van der Waals surface area contributed by atoms with Crippen LogP contribution < -0.4 is 15.4 Å². The summed E-state index contributed by atoms with van der Waals surface area (Å²) in [7, 11) is 1.61. The van der Waals surface area contributed by atoms with E-state index in [-0.39, 0.29) is 11.6 Å². The van der Waals surface area contributed by atoms with Crippen LogP contribution in [-0.4, -0.2) is 13.0 Å². The van der Waals surface area contributed by atoms with Crippen LogP contribution in [0.3, 0.4) is 0 Å². The van der Waals surface area contributed by atoms with Crippen molar-refractivity contribution in [1.29, 1.82) is 5.26 Å². The highest BCUT2D eigenvalue weighted by molar-refractivity contribution is 6.30. The van der Waals surface area contributed by atoms with E-state index in [1.54, 1.807) is 31.4 Å². The third-order valence-electron chi connectivity index (χ3n) is 3.56. The molecule has 0 aliphatic rings. The van der Waals surface area contributed by atoms with Gasteiger partial charge in [-0.15, -0.1) is 0 Å². The van der Waals surface area contributed by atoms with Crippen molar-refractivity contribution in [3.8, 4) is 11.8 Å². The molecule has 2 N–H and O–H groups in total. The molecule has 0 aliphatic heterocycles. The van der Waals surface area contributed by atoms with Crippen LogP contribution in [0.4, 0.5) is 5.69 Å². The number of carbonyl (C=O) groups excluding carboxylic acids is 1. The summed E-state index contributed by atoms with van der Waals surface area (Å²) in [5, 5.41) is 15.5. The molecular formula is C19H18ClN3O2. The number of nitrogens with one attached hydrogen (secondary N) is 2. The Bertz CT molecular complexity index is 793. The fourth-order valence-corrected chi connectivity index (χ4v) is 2.20. The second-order valence-electron chi connectivity index (χ2n) is 5.29. The first-order valence-corrected chi connectivity index (χ1v) is 7.98. The number of hydrogen-bond acceptors (Lipinski definition) is 4. The Kier molecular flexibility index (Phi) is 6.44. The van der Waals surface area contributed by atoms with Crippen molar-refractivity contribution in [1.82, 2.24) is 5.32 Å². The molecule has 2 aromatic rings. The van der Waals surface area contributed by atoms with E-state index in [9.17, 15) is 10.1 Å². The summed E-state index contributed by atoms with van der Waals surface area (Å²) in [4.78, 5) is 12.2. The fraction of sp³-hybridized carbons (Fsp3) is 0.158. The minimum Gasteiger partial charge on any atom is -0.497 e. The quantitative estimate of drug-likeness (QED) is 0.605. The van der Waals surface area contributed by atoms with Gasteiger partial charge in [0.1, 0.15) is 17.4 Å². The maximum Gasteiger partial charge on any atom is 0.267 e. The van der Waals surface area contributed by atoms with Crippen molar-refractivity contribution in [3.63, 3.8) is 0 Å². The number of methoxy groups -OCH3 is 1. The minimum atomic E-state index is -0.487. The largest absolute Gasteiger partial charge is 0.497 e. The number of halogens is 1. The van der Waals surface area contributed by atoms with Crippen LogP contribution in [0.15, 0.2) is 60.3 Å². The van der Waals surface area contributed by atoms with Crippen molar-refractivity contribution in [3.05, 3.63) is 70.9 Å². The van der Waals surface area contributed by atoms with E-state index in [0.29, 0.717) is 10.7 Å². The Morgan fingerprint density at radius 1 is 1.20 bits per heavy atom. The van der Waals surface area contributed by atoms with E-state index in [1.165, 1.54) is 6.20 Å². The lowest BCUT2D eigenvalue weighted by Gasteiger charge is -2.13. The third kappa shape index (κ3) is 5.27. The molecule has 0 bridgehead atoms. The molecule has 128 valence electrons. The maximum absolute atomic E-state index is 12.2. The molecule has 0 saturated carbocycles. The molecule has 1 unspecified atom stereocenters. The number of amides is 1. The third-order valence-corrected chi connectivity index (χ3v) is 3.81. The molecule has 1 amide bonds. The molecule has 0 aliphatic carbocycles. The molecule has 0 saturated heterocycles. The zero-order chi connectivity index (χ0) is 18.2. The summed E-state index contributed by atoms with van der Waals surface area (Å²) in [5.74, 6) is 0.283. The van der Waals surface area contributed by atoms with Gasteiger partial charge in [-0.05, 0) is 48.9 Å². The summed E-state index contributed by atoms with van der Waals surface area (Å²) in [6.07, 6.45) is 1.42. The zero-order valence-electron chi connectivity index (χ0n) is 13.9. The van der Waals surface area contributed by atoms with Crippen LogP contribution in [0.1, 0.15) is 18.5 Å². The monoisotopic (exact) mass is 355 g/mol. The fourth-order valence-electron chi connectivity index (χ4n) is 2.08. The van der Waals surface area contributed by atoms with Crippen molar-refractivity contribution in [2.75, 3.05) is 12.4 Å². The molecule has 2 rings (SSSR count). The maximum atomic E-state index is 12.2. The lowest BCUT2D eigenvalue weighted by Crippen LogP contribution is -2.18. The first-order chi connectivity index (χ1) is 12.0. The normalized spacial score (nSPS) is 12.0. The van der Waals surface area contributed by atoms with E-state index in [1.807, 2.05) is 37.3 Å². The van der Waals surface area contributed by atoms with Gasteiger partial charge in [0, 0.05) is 23.0 Å². The second kappa shape index (κ2) is 8.76. The number of anilines is 1. The SMILES string of the molecule is COc1ccc(C(C)N/C=C(/C#N)C(=O)Nc2ccc(Cl)cc2)cc1. The van der Waals surface area contributed by atoms with E-state index in [4.69, 9.17) is 16.3 Å². The molecule has 1 atom stereocenters. The molecule has 25 heavy (non-hydrogen) atoms. The van der Waals surface area contributed by atoms with Crippen LogP contribution in [0, 0.1) is 11.3 Å². The van der Waals surface area contributed by atoms with E-state index in [2.05, 4.69) is 10.6 Å². The first-order valence-electron chi connectivity index (χ1n) is 7.60. The molecule has 5 nitrogen and oxygen atoms in total. The number of rotatable bonds is 6. The van der Waals surface area contributed by atoms with E-state index in [0.717, 1.165) is 11.3 Å². The number of nitrogens with zero attached hydrogens (tertiary/aromatic N) is 1. The Balaban J connectivity index is 2.01. The molecule has 6 heteroatoms. The number of carbonyl (C=O) groups is 1. The molecule has 0 aromatic heterocycles. The van der Waals surface area contributed by atoms with Crippen LogP contribution >= 0.6 is 11.6 Å². The Hall–Kier alpha value is -2.97. The van der Waals surface area contributed by atoms with Gasteiger partial charge < -0.3 is 15.4 Å². The minimum absolute atomic E-state index is 0.0182. The van der Waals surface area contributed by atoms with Crippen LogP contribution in [-0.2, 0) is 4.79 Å². The van der Waals surface area contributed by atoms with Gasteiger partial charge in [-0.25, -0.2) is 0 Å². The molecule has 0 spiro atoms. The number of benzene rings is 2. The van der Waals surface area contributed by atoms with Gasteiger partial charge in [-0.3, -0.25) is 4.79 Å². The first kappa shape index (κ1) is 18.4. The van der Waals surface area contributed by atoms with Gasteiger partial charge >= 0.3 is 0 Å². The highest BCUT2D eigenvalue weighted by Gasteiger charge is 2.10. The van der Waals surface area contributed by atoms with Gasteiger partial charge in [-0.2, -0.15) is 5.26 Å². The van der Waals surface area contributed by atoms with Gasteiger partial charge in [-0.1, -0.05) is 23.7 Å². The molecule has 0 heterocycles. The summed E-state index contributed by atoms with van der Waals surface area (Å²) >= 11 is 5.81. The van der Waals surface area contributed by atoms with Gasteiger partial charge in [0.15, 0.2) is 0 Å². The predicted molar refractivity (Wildman–Crippen MR) is 98.3 cm³/mol. The predicted octanol–water partition coefficient (Wildman–Crippen LogP) is 4.05. The second-order valence-corrected chi connectivity index (χ2v) is 5.73. The molecule has 2 aromatic carbocycles. The standard InChI is InChI=1S/C19H18ClN3O2/c1-13(14-3-9-18(25-2)10-4-14)22-12-15(11-21)19(24)23-17-7-5-16(20)6-8-17/h3-10,12-13,22H,1-2H3,(H,23,24)/b15-12-. The Labute approximate surface area is 151 Å². The summed E-state index contributed by atoms with van der Waals surface area (Å²) in [5.41, 5.74) is 1.56. The van der Waals surface area contributed by atoms with Gasteiger partial charge in [0.2, 0.25) is 0 Å². The summed E-state index contributed by atoms with van der Waals surface area (Å²) in [6, 6.07) is 16.0. The Morgan fingerprint density at radius 2 is 1.84 bits per heavy atom. The van der Waals surface area contributed by atoms with Crippen LogP contribution in [0.25, 0.3) is 0 Å². The highest BCUT2D eigenvalue weighted by Crippen LogP contribution is 2.18. The number of ether oxygens (including phenoxy) is 1. The van der Waals surface area contributed by atoms with Crippen molar-refractivity contribution < 1.29 is 9.53 Å². The van der Waals surface area contributed by atoms with Gasteiger partial charge in [0.05, 0.1) is 7.11 Å². The van der Waals surface area contributed by atoms with Crippen LogP contribution in [0.2, 0.25) is 5.02 Å². The number of hydrogen-bond donors (Lipinski definition) is 2. The average Bonchev–Trinajstić information content (AvgIpc) is 2.64. The highest BCUT2D eigenvalue weighted by atomic mass is 35.5. The smallest absolute Gasteiger partial charge is 0.267 e. The Morgan fingerprint density at radius 3 is 2.40 bits per heavy atom. The average molecular weight is 356 g/mol. The van der Waals surface area contributed by atoms with Crippen LogP contribution in [0.5, 0.6) is 5.75 Å². The zero-order valence-corrected chi connectivity index (χ0v) is 14.7. The summed E-state index contributed by atoms with van der Waals surface area (Å²) in [6.45, 7) is 1.93. The molecule has 0 fully saturated rings.